The SMILES string of the molecule is COC(=O)c1ccc2nc([C@H](C)[C@H]3CC[C@@H](c4ccnc5ccc(F)cc54)CC3)[nH]c2c1C. The molecule has 1 aliphatic rings. The van der Waals surface area contributed by atoms with Gasteiger partial charge >= 0.3 is 5.97 Å². The van der Waals surface area contributed by atoms with Crippen molar-refractivity contribution in [3.05, 3.63) is 70.9 Å². The number of hydrogen-bond donors (Lipinski definition) is 1. The molecule has 1 atom stereocenters. The third kappa shape index (κ3) is 3.88. The maximum atomic E-state index is 13.9. The number of carbonyl (C=O) groups excluding carboxylic acids is 1. The molecular formula is C27H28FN3O2. The quantitative estimate of drug-likeness (QED) is 0.368. The number of hydrogen-bond acceptors (Lipinski definition) is 4. The fourth-order valence-corrected chi connectivity index (χ4v) is 5.43. The molecule has 2 heterocycles. The molecule has 0 unspecified atom stereocenters. The number of rotatable bonds is 4. The van der Waals surface area contributed by atoms with Crippen molar-refractivity contribution < 1.29 is 13.9 Å². The van der Waals surface area contributed by atoms with Gasteiger partial charge in [-0.05, 0) is 92.0 Å². The normalized spacial score (nSPS) is 19.6. The molecule has 2 aromatic heterocycles. The van der Waals surface area contributed by atoms with Gasteiger partial charge in [-0.25, -0.2) is 14.2 Å². The van der Waals surface area contributed by atoms with Crippen LogP contribution in [0.15, 0.2) is 42.6 Å². The second-order valence-electron chi connectivity index (χ2n) is 9.21. The predicted molar refractivity (Wildman–Crippen MR) is 127 cm³/mol. The van der Waals surface area contributed by atoms with Crippen LogP contribution >= 0.6 is 0 Å². The van der Waals surface area contributed by atoms with Gasteiger partial charge < -0.3 is 9.72 Å². The number of ether oxygens (including phenoxy) is 1. The van der Waals surface area contributed by atoms with Crippen molar-refractivity contribution in [2.45, 2.75) is 51.4 Å². The number of benzene rings is 2. The fraction of sp³-hybridized carbons (Fsp3) is 0.370. The van der Waals surface area contributed by atoms with Gasteiger partial charge in [0.1, 0.15) is 11.6 Å². The van der Waals surface area contributed by atoms with Crippen LogP contribution in [0.3, 0.4) is 0 Å². The highest BCUT2D eigenvalue weighted by atomic mass is 19.1. The number of pyridine rings is 1. The van der Waals surface area contributed by atoms with Crippen LogP contribution in [0, 0.1) is 18.7 Å². The monoisotopic (exact) mass is 445 g/mol. The summed E-state index contributed by atoms with van der Waals surface area (Å²) in [5.74, 6) is 1.64. The van der Waals surface area contributed by atoms with E-state index >= 15 is 0 Å². The third-order valence-electron chi connectivity index (χ3n) is 7.43. The Labute approximate surface area is 192 Å². The molecule has 0 aliphatic heterocycles. The van der Waals surface area contributed by atoms with Crippen molar-refractivity contribution in [1.82, 2.24) is 15.0 Å². The number of halogens is 1. The summed E-state index contributed by atoms with van der Waals surface area (Å²) in [6, 6.07) is 10.6. The fourth-order valence-electron chi connectivity index (χ4n) is 5.43. The minimum Gasteiger partial charge on any atom is -0.465 e. The zero-order valence-electron chi connectivity index (χ0n) is 19.2. The van der Waals surface area contributed by atoms with E-state index in [1.165, 1.54) is 18.7 Å². The van der Waals surface area contributed by atoms with E-state index in [4.69, 9.17) is 9.72 Å². The Morgan fingerprint density at radius 1 is 1.12 bits per heavy atom. The van der Waals surface area contributed by atoms with E-state index in [-0.39, 0.29) is 17.7 Å². The van der Waals surface area contributed by atoms with Crippen LogP contribution in [-0.4, -0.2) is 28.0 Å². The standard InChI is InChI=1S/C27H28FN3O2/c1-15(26-30-24-11-9-20(27(32)33-3)16(2)25(24)31-26)17-4-6-18(7-5-17)21-12-13-29-23-10-8-19(28)14-22(21)23/h8-15,17-18H,4-7H2,1-3H3,(H,30,31)/t15-,17-,18+/m1/s1. The maximum Gasteiger partial charge on any atom is 0.338 e. The lowest BCUT2D eigenvalue weighted by molar-refractivity contribution is 0.0600. The smallest absolute Gasteiger partial charge is 0.338 e. The Hall–Kier alpha value is -3.28. The van der Waals surface area contributed by atoms with E-state index < -0.39 is 0 Å². The average molecular weight is 446 g/mol. The van der Waals surface area contributed by atoms with Crippen LogP contribution in [0.25, 0.3) is 21.9 Å². The van der Waals surface area contributed by atoms with Crippen LogP contribution in [0.1, 0.15) is 71.8 Å². The highest BCUT2D eigenvalue weighted by Crippen LogP contribution is 2.43. The lowest BCUT2D eigenvalue weighted by Gasteiger charge is -2.32. The van der Waals surface area contributed by atoms with Gasteiger partial charge in [0.15, 0.2) is 0 Å². The number of aryl methyl sites for hydroxylation is 1. The largest absolute Gasteiger partial charge is 0.465 e. The second kappa shape index (κ2) is 8.58. The Morgan fingerprint density at radius 2 is 1.88 bits per heavy atom. The van der Waals surface area contributed by atoms with Crippen LogP contribution < -0.4 is 0 Å². The predicted octanol–water partition coefficient (Wildman–Crippen LogP) is 6.42. The summed E-state index contributed by atoms with van der Waals surface area (Å²) >= 11 is 0. The summed E-state index contributed by atoms with van der Waals surface area (Å²) in [5.41, 5.74) is 5.27. The molecule has 1 N–H and O–H groups in total. The molecule has 6 heteroatoms. The van der Waals surface area contributed by atoms with Gasteiger partial charge in [0.05, 0.1) is 29.2 Å². The highest BCUT2D eigenvalue weighted by Gasteiger charge is 2.29. The molecule has 2 aromatic carbocycles. The number of imidazole rings is 1. The zero-order chi connectivity index (χ0) is 23.1. The number of aromatic amines is 1. The van der Waals surface area contributed by atoms with Gasteiger partial charge in [0.25, 0.3) is 0 Å². The second-order valence-corrected chi connectivity index (χ2v) is 9.21. The number of fused-ring (bicyclic) bond motifs is 2. The molecule has 0 radical (unpaired) electrons. The van der Waals surface area contributed by atoms with Crippen molar-refractivity contribution in [3.63, 3.8) is 0 Å². The third-order valence-corrected chi connectivity index (χ3v) is 7.43. The van der Waals surface area contributed by atoms with Gasteiger partial charge in [0.2, 0.25) is 0 Å². The molecule has 5 nitrogen and oxygen atoms in total. The van der Waals surface area contributed by atoms with Crippen molar-refractivity contribution in [2.75, 3.05) is 7.11 Å². The summed E-state index contributed by atoms with van der Waals surface area (Å²) < 4.78 is 18.8. The van der Waals surface area contributed by atoms with E-state index in [2.05, 4.69) is 23.0 Å². The lowest BCUT2D eigenvalue weighted by atomic mass is 9.73. The van der Waals surface area contributed by atoms with Crippen molar-refractivity contribution in [2.24, 2.45) is 5.92 Å². The molecule has 5 rings (SSSR count). The highest BCUT2D eigenvalue weighted by molar-refractivity contribution is 5.96. The molecule has 0 saturated heterocycles. The number of methoxy groups -OCH3 is 1. The van der Waals surface area contributed by atoms with Gasteiger partial charge in [0, 0.05) is 17.5 Å². The van der Waals surface area contributed by atoms with Crippen LogP contribution in [0.5, 0.6) is 0 Å². The first-order valence-corrected chi connectivity index (χ1v) is 11.6. The van der Waals surface area contributed by atoms with Gasteiger partial charge in [-0.1, -0.05) is 6.92 Å². The molecular weight excluding hydrogens is 417 g/mol. The van der Waals surface area contributed by atoms with E-state index in [9.17, 15) is 9.18 Å². The summed E-state index contributed by atoms with van der Waals surface area (Å²) in [6.45, 7) is 4.16. The Bertz CT molecular complexity index is 1340. The molecule has 170 valence electrons. The van der Waals surface area contributed by atoms with Gasteiger partial charge in [-0.15, -0.1) is 0 Å². The zero-order valence-corrected chi connectivity index (χ0v) is 19.2. The Morgan fingerprint density at radius 3 is 2.64 bits per heavy atom. The van der Waals surface area contributed by atoms with Crippen molar-refractivity contribution in [3.8, 4) is 0 Å². The van der Waals surface area contributed by atoms with E-state index in [0.717, 1.165) is 59.0 Å². The molecule has 33 heavy (non-hydrogen) atoms. The topological polar surface area (TPSA) is 67.9 Å². The van der Waals surface area contributed by atoms with E-state index in [0.29, 0.717) is 17.4 Å². The van der Waals surface area contributed by atoms with Gasteiger partial charge in [-0.3, -0.25) is 4.98 Å². The first kappa shape index (κ1) is 21.6. The summed E-state index contributed by atoms with van der Waals surface area (Å²) in [5, 5.41) is 0.933. The molecule has 0 spiro atoms. The Kier molecular flexibility index (Phi) is 5.60. The first-order chi connectivity index (χ1) is 16.0. The van der Waals surface area contributed by atoms with Crippen molar-refractivity contribution >= 4 is 27.9 Å². The summed E-state index contributed by atoms with van der Waals surface area (Å²) in [7, 11) is 1.40. The molecule has 0 bridgehead atoms. The first-order valence-electron chi connectivity index (χ1n) is 11.6. The van der Waals surface area contributed by atoms with Crippen LogP contribution in [-0.2, 0) is 4.74 Å². The number of H-pyrrole nitrogens is 1. The molecule has 1 saturated carbocycles. The van der Waals surface area contributed by atoms with Crippen molar-refractivity contribution in [1.29, 1.82) is 0 Å². The number of carbonyl (C=O) groups is 1. The summed E-state index contributed by atoms with van der Waals surface area (Å²) in [6.07, 6.45) is 6.15. The number of esters is 1. The Balaban J connectivity index is 1.34. The minimum absolute atomic E-state index is 0.213. The molecule has 1 fully saturated rings. The molecule has 4 aromatic rings. The maximum absolute atomic E-state index is 13.9. The average Bonchev–Trinajstić information content (AvgIpc) is 3.28. The van der Waals surface area contributed by atoms with Gasteiger partial charge in [-0.2, -0.15) is 0 Å². The number of aromatic nitrogens is 3. The minimum atomic E-state index is -0.333. The molecule has 0 amide bonds. The number of nitrogens with one attached hydrogen (secondary N) is 1. The van der Waals surface area contributed by atoms with Crippen LogP contribution in [0.4, 0.5) is 4.39 Å². The summed E-state index contributed by atoms with van der Waals surface area (Å²) in [4.78, 5) is 24.8. The van der Waals surface area contributed by atoms with Crippen LogP contribution in [0.2, 0.25) is 0 Å². The van der Waals surface area contributed by atoms with E-state index in [1.807, 2.05) is 19.2 Å². The van der Waals surface area contributed by atoms with E-state index in [1.54, 1.807) is 18.2 Å². The number of nitrogens with zero attached hydrogens (tertiary/aromatic N) is 2. The lowest BCUT2D eigenvalue weighted by Crippen LogP contribution is -2.19. The molecule has 1 aliphatic carbocycles.